The molecule has 0 bridgehead atoms. The molecule has 1 atom stereocenters. The van der Waals surface area contributed by atoms with E-state index in [0.717, 1.165) is 17.4 Å². The number of ether oxygens (including phenoxy) is 2. The summed E-state index contributed by atoms with van der Waals surface area (Å²) in [5.74, 6) is 1.78. The van der Waals surface area contributed by atoms with E-state index in [2.05, 4.69) is 55.8 Å². The molecule has 0 spiro atoms. The fraction of sp³-hybridized carbons (Fsp3) is 0.531. The summed E-state index contributed by atoms with van der Waals surface area (Å²) in [6.45, 7) is 17.3. The van der Waals surface area contributed by atoms with Crippen LogP contribution >= 0.6 is 12.6 Å². The maximum absolute atomic E-state index is 11.7. The number of nitrogens with one attached hydrogen (secondary N) is 1. The molecule has 0 saturated carbocycles. The zero-order valence-corrected chi connectivity index (χ0v) is 28.8. The number of carbonyl (C=O) groups excluding carboxylic acids is 3. The summed E-state index contributed by atoms with van der Waals surface area (Å²) in [5.41, 5.74) is 12.3. The van der Waals surface area contributed by atoms with Crippen LogP contribution in [0.1, 0.15) is 78.4 Å². The Kier molecular flexibility index (Phi) is 25.2. The van der Waals surface area contributed by atoms with Crippen LogP contribution in [0.4, 0.5) is 4.79 Å². The fourth-order valence-corrected chi connectivity index (χ4v) is 2.81. The Bertz CT molecular complexity index is 1180. The minimum absolute atomic E-state index is 0.00936. The Morgan fingerprint density at radius 2 is 1.48 bits per heavy atom. The van der Waals surface area contributed by atoms with Crippen molar-refractivity contribution < 1.29 is 23.9 Å². The van der Waals surface area contributed by atoms with Crippen LogP contribution in [-0.4, -0.2) is 58.3 Å². The molecule has 0 radical (unpaired) electrons. The zero-order valence-electron chi connectivity index (χ0n) is 27.9. The highest BCUT2D eigenvalue weighted by atomic mass is 32.1. The summed E-state index contributed by atoms with van der Waals surface area (Å²) in [6, 6.07) is 15.4. The molecule has 2 heterocycles. The number of benzene rings is 1. The van der Waals surface area contributed by atoms with Gasteiger partial charge in [-0.3, -0.25) is 14.0 Å². The number of pyridine rings is 1. The number of ketones is 1. The molecule has 11 nitrogen and oxygen atoms in total. The molecular formula is C32H54N6O5S. The Morgan fingerprint density at radius 3 is 1.98 bits per heavy atom. The molecule has 5 N–H and O–H groups in total. The van der Waals surface area contributed by atoms with Crippen molar-refractivity contribution >= 4 is 36.1 Å². The monoisotopic (exact) mass is 634 g/mol. The first-order chi connectivity index (χ1) is 21.0. The van der Waals surface area contributed by atoms with Crippen LogP contribution in [0.25, 0.3) is 5.65 Å². The van der Waals surface area contributed by atoms with Gasteiger partial charge < -0.3 is 26.3 Å². The van der Waals surface area contributed by atoms with Crippen LogP contribution in [0.2, 0.25) is 0 Å². The van der Waals surface area contributed by atoms with Gasteiger partial charge in [0.15, 0.2) is 5.65 Å². The van der Waals surface area contributed by atoms with Gasteiger partial charge in [-0.2, -0.15) is 12.6 Å². The smallest absolute Gasteiger partial charge is 0.407 e. The molecule has 44 heavy (non-hydrogen) atoms. The van der Waals surface area contributed by atoms with Crippen LogP contribution in [0.3, 0.4) is 0 Å². The Labute approximate surface area is 268 Å². The molecule has 3 aromatic rings. The van der Waals surface area contributed by atoms with Crippen molar-refractivity contribution in [3.05, 3.63) is 65.6 Å². The van der Waals surface area contributed by atoms with Crippen LogP contribution < -0.4 is 16.8 Å². The Hall–Kier alpha value is -3.48. The molecule has 248 valence electrons. The lowest BCUT2D eigenvalue weighted by Gasteiger charge is -2.13. The Morgan fingerprint density at radius 1 is 0.909 bits per heavy atom. The number of aromatic nitrogens is 3. The number of nitrogens with zero attached hydrogens (tertiary/aromatic N) is 3. The minimum Gasteiger partial charge on any atom is -0.443 e. The third-order valence-corrected chi connectivity index (χ3v) is 5.83. The van der Waals surface area contributed by atoms with Crippen LogP contribution in [0.5, 0.6) is 0 Å². The lowest BCUT2D eigenvalue weighted by atomic mass is 10.0. The highest BCUT2D eigenvalue weighted by Gasteiger charge is 2.17. The van der Waals surface area contributed by atoms with Gasteiger partial charge in [0.05, 0.1) is 32.0 Å². The molecule has 3 rings (SSSR count). The first-order valence-electron chi connectivity index (χ1n) is 14.7. The number of Topliss-reactive ketones (excluding diaryl/α,β-unsaturated/α-hetero) is 1. The Balaban J connectivity index is 0. The minimum atomic E-state index is -0.727. The molecule has 1 aromatic carbocycles. The van der Waals surface area contributed by atoms with E-state index in [-0.39, 0.29) is 31.4 Å². The van der Waals surface area contributed by atoms with Crippen LogP contribution in [0, 0.1) is 11.8 Å². The molecule has 2 amide bonds. The predicted molar refractivity (Wildman–Crippen MR) is 181 cm³/mol. The first-order valence-corrected chi connectivity index (χ1v) is 15.6. The number of hydrogen-bond donors (Lipinski definition) is 4. The summed E-state index contributed by atoms with van der Waals surface area (Å²) in [4.78, 5) is 32.1. The molecule has 0 aliphatic rings. The van der Waals surface area contributed by atoms with E-state index in [1.165, 1.54) is 6.92 Å². The quantitative estimate of drug-likeness (QED) is 0.210. The maximum Gasteiger partial charge on any atom is 0.407 e. The molecule has 0 saturated heterocycles. The number of thiol groups is 1. The van der Waals surface area contributed by atoms with Crippen molar-refractivity contribution in [1.29, 1.82) is 0 Å². The van der Waals surface area contributed by atoms with Crippen molar-refractivity contribution in [2.75, 3.05) is 26.0 Å². The number of alkyl carbamates (subject to hydrolysis) is 1. The third kappa shape index (κ3) is 18.9. The average molecular weight is 635 g/mol. The summed E-state index contributed by atoms with van der Waals surface area (Å²) in [7, 11) is 0. The summed E-state index contributed by atoms with van der Waals surface area (Å²) < 4.78 is 12.8. The van der Waals surface area contributed by atoms with E-state index < -0.39 is 12.0 Å². The van der Waals surface area contributed by atoms with E-state index in [1.54, 1.807) is 6.26 Å². The third-order valence-electron chi connectivity index (χ3n) is 5.83. The van der Waals surface area contributed by atoms with E-state index >= 15 is 0 Å². The average Bonchev–Trinajstić information content (AvgIpc) is 3.47. The van der Waals surface area contributed by atoms with Gasteiger partial charge in [0.25, 0.3) is 0 Å². The number of hydrogen-bond acceptors (Lipinski definition) is 9. The van der Waals surface area contributed by atoms with Gasteiger partial charge in [-0.15, -0.1) is 10.2 Å². The largest absolute Gasteiger partial charge is 0.443 e. The first kappa shape index (κ1) is 42.7. The number of carbonyl (C=O) groups is 3. The van der Waals surface area contributed by atoms with E-state index in [0.29, 0.717) is 30.4 Å². The van der Waals surface area contributed by atoms with E-state index in [1.807, 2.05) is 73.7 Å². The lowest BCUT2D eigenvalue weighted by Crippen LogP contribution is -2.33. The number of amides is 2. The highest BCUT2D eigenvalue weighted by Crippen LogP contribution is 2.18. The van der Waals surface area contributed by atoms with E-state index in [9.17, 15) is 14.4 Å². The summed E-state index contributed by atoms with van der Waals surface area (Å²) in [5, 5.41) is 10.8. The topological polar surface area (TPSA) is 164 Å². The van der Waals surface area contributed by atoms with Crippen molar-refractivity contribution in [3.63, 3.8) is 0 Å². The zero-order chi connectivity index (χ0) is 34.1. The number of fused-ring (bicyclic) bond motifs is 1. The van der Waals surface area contributed by atoms with Gasteiger partial charge in [-0.05, 0) is 42.7 Å². The van der Waals surface area contributed by atoms with Crippen LogP contribution in [0.15, 0.2) is 48.5 Å². The highest BCUT2D eigenvalue weighted by molar-refractivity contribution is 7.79. The maximum atomic E-state index is 11.7. The van der Waals surface area contributed by atoms with Crippen molar-refractivity contribution in [1.82, 2.24) is 19.9 Å². The van der Waals surface area contributed by atoms with Gasteiger partial charge in [0, 0.05) is 5.92 Å². The molecule has 0 aliphatic carbocycles. The van der Waals surface area contributed by atoms with E-state index in [4.69, 9.17) is 20.9 Å². The summed E-state index contributed by atoms with van der Waals surface area (Å²) in [6.07, 6.45) is 0.967. The lowest BCUT2D eigenvalue weighted by molar-refractivity contribution is -0.117. The second-order valence-electron chi connectivity index (χ2n) is 9.96. The van der Waals surface area contributed by atoms with Gasteiger partial charge >= 0.3 is 6.09 Å². The van der Waals surface area contributed by atoms with Crippen molar-refractivity contribution in [2.45, 2.75) is 74.5 Å². The second kappa shape index (κ2) is 26.0. The second-order valence-corrected chi connectivity index (χ2v) is 9.96. The van der Waals surface area contributed by atoms with Gasteiger partial charge in [-0.1, -0.05) is 84.9 Å². The molecule has 0 fully saturated rings. The molecule has 12 heteroatoms. The van der Waals surface area contributed by atoms with Gasteiger partial charge in [0.2, 0.25) is 5.91 Å². The molecule has 1 unspecified atom stereocenters. The predicted octanol–water partition coefficient (Wildman–Crippen LogP) is 5.17. The molecule has 2 aromatic heterocycles. The normalized spacial score (nSPS) is 10.5. The van der Waals surface area contributed by atoms with Crippen molar-refractivity contribution in [2.24, 2.45) is 23.3 Å². The summed E-state index contributed by atoms with van der Waals surface area (Å²) >= 11 is 3.53. The van der Waals surface area contributed by atoms with Gasteiger partial charge in [-0.25, -0.2) is 4.79 Å². The number of nitrogens with two attached hydrogens (primary N) is 2. The van der Waals surface area contributed by atoms with Crippen molar-refractivity contribution in [3.8, 4) is 0 Å². The van der Waals surface area contributed by atoms with Gasteiger partial charge in [0.1, 0.15) is 18.2 Å². The molecular weight excluding hydrogens is 580 g/mol. The fourth-order valence-electron chi connectivity index (χ4n) is 2.81. The number of rotatable bonds is 11. The number of primary amides is 1. The SMILES string of the molecule is CC.CC(=O)CN.CC(C)C(C)C.CC(COCc1ccccc1)c1nnc2cccc(COC(=O)NCC(N)=O)n12.CS. The standard InChI is InChI=1S/C20H23N5O4.C6H14.C3H7NO.C2H6.CH4S/c1-14(11-28-12-15-6-3-2-4-7-15)19-24-23-18-9-5-8-16(25(18)19)13-29-20(27)22-10-17(21)26;1-5(2)6(3)4;1-3(5)2-4;2*1-2/h2-9,14H,10-13H2,1H3,(H2,21,26)(H,22,27);5-6H,1-4H3;2,4H2,1H3;1-2H3;2H,1H3. The molecule has 0 aliphatic heterocycles. The van der Waals surface area contributed by atoms with Crippen LogP contribution in [-0.2, 0) is 32.3 Å².